The zero-order valence-corrected chi connectivity index (χ0v) is 8.69. The van der Waals surface area contributed by atoms with Crippen LogP contribution in [0.25, 0.3) is 0 Å². The minimum Gasteiger partial charge on any atom is -0.377 e. The molecule has 3 nitrogen and oxygen atoms in total. The number of aliphatic hydroxyl groups excluding tert-OH is 1. The van der Waals surface area contributed by atoms with Crippen LogP contribution in [0.2, 0.25) is 0 Å². The molecule has 2 aliphatic rings. The van der Waals surface area contributed by atoms with E-state index < -0.39 is 0 Å². The van der Waals surface area contributed by atoms with E-state index in [1.165, 1.54) is 11.1 Å². The van der Waals surface area contributed by atoms with Crippen LogP contribution in [0.4, 0.5) is 0 Å². The Hall–Kier alpha value is -0.900. The molecule has 0 amide bonds. The lowest BCUT2D eigenvalue weighted by Crippen LogP contribution is -2.55. The van der Waals surface area contributed by atoms with Crippen molar-refractivity contribution in [2.75, 3.05) is 19.6 Å². The van der Waals surface area contributed by atoms with Gasteiger partial charge < -0.3 is 10.4 Å². The van der Waals surface area contributed by atoms with Crippen LogP contribution in [0.15, 0.2) is 24.3 Å². The van der Waals surface area contributed by atoms with E-state index in [1.807, 2.05) is 0 Å². The fourth-order valence-electron chi connectivity index (χ4n) is 2.72. The number of hydrogen-bond acceptors (Lipinski definition) is 3. The predicted molar refractivity (Wildman–Crippen MR) is 58.5 cm³/mol. The van der Waals surface area contributed by atoms with Crippen molar-refractivity contribution in [3.63, 3.8) is 0 Å². The molecule has 1 aromatic rings. The molecule has 2 aliphatic heterocycles. The molecular formula is C12H16N2O. The molecule has 1 aromatic carbocycles. The lowest BCUT2D eigenvalue weighted by Gasteiger charge is -2.43. The molecular weight excluding hydrogens is 188 g/mol. The number of aliphatic hydroxyl groups is 1. The van der Waals surface area contributed by atoms with Gasteiger partial charge in [0, 0.05) is 25.7 Å². The highest BCUT2D eigenvalue weighted by molar-refractivity contribution is 5.33. The summed E-state index contributed by atoms with van der Waals surface area (Å²) in [5, 5.41) is 13.2. The number of nitrogens with zero attached hydrogens (tertiary/aromatic N) is 1. The van der Waals surface area contributed by atoms with Crippen molar-refractivity contribution < 1.29 is 5.11 Å². The van der Waals surface area contributed by atoms with Crippen LogP contribution in [-0.4, -0.2) is 35.9 Å². The van der Waals surface area contributed by atoms with Gasteiger partial charge in [-0.2, -0.15) is 0 Å². The summed E-state index contributed by atoms with van der Waals surface area (Å²) in [6.45, 7) is 2.62. The molecule has 1 saturated heterocycles. The van der Waals surface area contributed by atoms with Gasteiger partial charge in [0.2, 0.25) is 0 Å². The van der Waals surface area contributed by atoms with Crippen LogP contribution in [0.1, 0.15) is 17.2 Å². The van der Waals surface area contributed by atoms with E-state index in [2.05, 4.69) is 34.5 Å². The van der Waals surface area contributed by atoms with Gasteiger partial charge in [-0.3, -0.25) is 4.90 Å². The number of nitrogens with one attached hydrogen (secondary N) is 1. The molecule has 3 rings (SSSR count). The Balaban J connectivity index is 1.99. The normalized spacial score (nSPS) is 30.7. The van der Waals surface area contributed by atoms with Gasteiger partial charge in [0.1, 0.15) is 6.23 Å². The van der Waals surface area contributed by atoms with Crippen LogP contribution in [0.3, 0.4) is 0 Å². The Kier molecular flexibility index (Phi) is 2.24. The molecule has 3 heteroatoms. The van der Waals surface area contributed by atoms with Crippen molar-refractivity contribution >= 4 is 0 Å². The first-order valence-corrected chi connectivity index (χ1v) is 5.58. The molecule has 2 heterocycles. The number of piperazine rings is 1. The number of benzene rings is 1. The molecule has 2 atom stereocenters. The zero-order chi connectivity index (χ0) is 10.3. The van der Waals surface area contributed by atoms with E-state index in [0.717, 1.165) is 19.5 Å². The Morgan fingerprint density at radius 1 is 1.27 bits per heavy atom. The SMILES string of the molecule is OC1CNC[C@H]2c3ccccc3CCN12. The highest BCUT2D eigenvalue weighted by atomic mass is 16.3. The van der Waals surface area contributed by atoms with Crippen molar-refractivity contribution in [1.82, 2.24) is 10.2 Å². The molecule has 80 valence electrons. The standard InChI is InChI=1S/C12H16N2O/c15-12-8-13-7-11-10-4-2-1-3-9(10)5-6-14(11)12/h1-4,11-13,15H,5-8H2/t11-,12?/m0/s1. The van der Waals surface area contributed by atoms with Gasteiger partial charge in [-0.1, -0.05) is 24.3 Å². The lowest BCUT2D eigenvalue weighted by molar-refractivity contribution is -0.0500. The molecule has 0 aromatic heterocycles. The number of hydrogen-bond donors (Lipinski definition) is 2. The number of rotatable bonds is 0. The molecule has 0 spiro atoms. The highest BCUT2D eigenvalue weighted by Gasteiger charge is 2.33. The van der Waals surface area contributed by atoms with Gasteiger partial charge in [-0.15, -0.1) is 0 Å². The minimum atomic E-state index is -0.322. The first kappa shape index (κ1) is 9.33. The van der Waals surface area contributed by atoms with Gasteiger partial charge in [-0.25, -0.2) is 0 Å². The fourth-order valence-corrected chi connectivity index (χ4v) is 2.72. The quantitative estimate of drug-likeness (QED) is 0.646. The molecule has 1 unspecified atom stereocenters. The zero-order valence-electron chi connectivity index (χ0n) is 8.69. The Morgan fingerprint density at radius 2 is 2.13 bits per heavy atom. The topological polar surface area (TPSA) is 35.5 Å². The first-order valence-electron chi connectivity index (χ1n) is 5.58. The van der Waals surface area contributed by atoms with Crippen LogP contribution in [-0.2, 0) is 6.42 Å². The van der Waals surface area contributed by atoms with Crippen molar-refractivity contribution in [2.24, 2.45) is 0 Å². The second-order valence-electron chi connectivity index (χ2n) is 4.34. The average molecular weight is 204 g/mol. The average Bonchev–Trinajstić information content (AvgIpc) is 2.29. The molecule has 0 saturated carbocycles. The number of fused-ring (bicyclic) bond motifs is 3. The molecule has 2 N–H and O–H groups in total. The third-order valence-corrected chi connectivity index (χ3v) is 3.50. The minimum absolute atomic E-state index is 0.322. The summed E-state index contributed by atoms with van der Waals surface area (Å²) < 4.78 is 0. The van der Waals surface area contributed by atoms with E-state index in [0.29, 0.717) is 12.6 Å². The predicted octanol–water partition coefficient (Wildman–Crippen LogP) is 0.507. The maximum Gasteiger partial charge on any atom is 0.120 e. The summed E-state index contributed by atoms with van der Waals surface area (Å²) in [5.74, 6) is 0. The monoisotopic (exact) mass is 204 g/mol. The second kappa shape index (κ2) is 3.59. The van der Waals surface area contributed by atoms with Gasteiger partial charge in [0.25, 0.3) is 0 Å². The van der Waals surface area contributed by atoms with E-state index in [1.54, 1.807) is 0 Å². The molecule has 0 radical (unpaired) electrons. The first-order chi connectivity index (χ1) is 7.36. The summed E-state index contributed by atoms with van der Waals surface area (Å²) in [6.07, 6.45) is 0.737. The lowest BCUT2D eigenvalue weighted by atomic mass is 9.91. The van der Waals surface area contributed by atoms with E-state index in [-0.39, 0.29) is 6.23 Å². The van der Waals surface area contributed by atoms with Crippen LogP contribution >= 0.6 is 0 Å². The van der Waals surface area contributed by atoms with E-state index in [9.17, 15) is 5.11 Å². The molecule has 15 heavy (non-hydrogen) atoms. The highest BCUT2D eigenvalue weighted by Crippen LogP contribution is 2.31. The molecule has 1 fully saturated rings. The van der Waals surface area contributed by atoms with Gasteiger partial charge in [-0.05, 0) is 17.5 Å². The van der Waals surface area contributed by atoms with Gasteiger partial charge in [0.05, 0.1) is 0 Å². The summed E-state index contributed by atoms with van der Waals surface area (Å²) >= 11 is 0. The molecule has 0 bridgehead atoms. The summed E-state index contributed by atoms with van der Waals surface area (Å²) in [7, 11) is 0. The van der Waals surface area contributed by atoms with E-state index >= 15 is 0 Å². The summed E-state index contributed by atoms with van der Waals surface area (Å²) in [4.78, 5) is 2.21. The van der Waals surface area contributed by atoms with Crippen molar-refractivity contribution in [3.05, 3.63) is 35.4 Å². The van der Waals surface area contributed by atoms with E-state index in [4.69, 9.17) is 0 Å². The Labute approximate surface area is 89.7 Å². The Morgan fingerprint density at radius 3 is 3.07 bits per heavy atom. The largest absolute Gasteiger partial charge is 0.377 e. The second-order valence-corrected chi connectivity index (χ2v) is 4.34. The smallest absolute Gasteiger partial charge is 0.120 e. The third kappa shape index (κ3) is 1.47. The third-order valence-electron chi connectivity index (χ3n) is 3.50. The van der Waals surface area contributed by atoms with Crippen molar-refractivity contribution in [1.29, 1.82) is 0 Å². The van der Waals surface area contributed by atoms with Crippen molar-refractivity contribution in [2.45, 2.75) is 18.7 Å². The van der Waals surface area contributed by atoms with Gasteiger partial charge in [0.15, 0.2) is 0 Å². The van der Waals surface area contributed by atoms with Gasteiger partial charge >= 0.3 is 0 Å². The summed E-state index contributed by atoms with van der Waals surface area (Å²) in [6, 6.07) is 8.93. The fraction of sp³-hybridized carbons (Fsp3) is 0.500. The van der Waals surface area contributed by atoms with Crippen LogP contribution in [0, 0.1) is 0 Å². The Bertz CT molecular complexity index is 366. The molecule has 0 aliphatic carbocycles. The number of β-amino-alcohol motifs (C(OH)–C–C–N with tert-alkyl or cyclic N) is 1. The summed E-state index contributed by atoms with van der Waals surface area (Å²) in [5.41, 5.74) is 2.82. The van der Waals surface area contributed by atoms with Crippen LogP contribution < -0.4 is 5.32 Å². The maximum atomic E-state index is 9.89. The van der Waals surface area contributed by atoms with Crippen LogP contribution in [0.5, 0.6) is 0 Å². The maximum absolute atomic E-state index is 9.89. The van der Waals surface area contributed by atoms with Crippen molar-refractivity contribution in [3.8, 4) is 0 Å².